The first-order valence-corrected chi connectivity index (χ1v) is 16.4. The van der Waals surface area contributed by atoms with E-state index in [9.17, 15) is 18.4 Å². The maximum absolute atomic E-state index is 14.4. The molecule has 2 N–H and O–H groups in total. The topological polar surface area (TPSA) is 99.3 Å². The number of amides is 3. The Morgan fingerprint density at radius 3 is 2.47 bits per heavy atom. The number of fused-ring (bicyclic) bond motifs is 1. The van der Waals surface area contributed by atoms with E-state index in [-0.39, 0.29) is 11.3 Å². The largest absolute Gasteiger partial charge is 0.493 e. The highest BCUT2D eigenvalue weighted by Crippen LogP contribution is 2.40. The van der Waals surface area contributed by atoms with Gasteiger partial charge in [-0.3, -0.25) is 9.78 Å². The number of rotatable bonds is 13. The van der Waals surface area contributed by atoms with Crippen LogP contribution >= 0.6 is 11.8 Å². The van der Waals surface area contributed by atoms with Crippen LogP contribution < -0.4 is 25.1 Å². The number of carbonyl (C=O) groups is 2. The molecule has 1 atom stereocenters. The van der Waals surface area contributed by atoms with Gasteiger partial charge in [-0.2, -0.15) is 0 Å². The van der Waals surface area contributed by atoms with Crippen LogP contribution in [0.4, 0.5) is 30.6 Å². The van der Waals surface area contributed by atoms with Gasteiger partial charge in [0.2, 0.25) is 0 Å². The lowest BCUT2D eigenvalue weighted by Crippen LogP contribution is -2.46. The minimum atomic E-state index is -1.03. The molecule has 1 aromatic heterocycles. The number of halogens is 2. The lowest BCUT2D eigenvalue weighted by atomic mass is 10.1. The molecule has 1 unspecified atom stereocenters. The van der Waals surface area contributed by atoms with E-state index in [0.29, 0.717) is 23.8 Å². The molecule has 2 heterocycles. The maximum Gasteiger partial charge on any atom is 0.338 e. The van der Waals surface area contributed by atoms with Crippen molar-refractivity contribution in [1.29, 1.82) is 0 Å². The molecule has 0 spiro atoms. The lowest BCUT2D eigenvalue weighted by molar-refractivity contribution is -0.130. The van der Waals surface area contributed by atoms with Gasteiger partial charge in [0.1, 0.15) is 17.0 Å². The second kappa shape index (κ2) is 15.3. The molecule has 3 aromatic carbocycles. The number of aromatic nitrogens is 1. The lowest BCUT2D eigenvalue weighted by Gasteiger charge is -2.25. The molecule has 13 heteroatoms. The van der Waals surface area contributed by atoms with Crippen LogP contribution in [0.2, 0.25) is 0 Å². The van der Waals surface area contributed by atoms with Crippen molar-refractivity contribution in [2.24, 2.45) is 0 Å². The molecule has 1 aliphatic heterocycles. The van der Waals surface area contributed by atoms with Crippen LogP contribution in [0.3, 0.4) is 0 Å². The molecule has 0 bridgehead atoms. The molecule has 1 fully saturated rings. The average Bonchev–Trinajstić information content (AvgIpc) is 3.42. The minimum Gasteiger partial charge on any atom is -0.493 e. The summed E-state index contributed by atoms with van der Waals surface area (Å²) in [5.74, 6) is -0.825. The number of pyridine rings is 1. The number of ether oxygens (including phenoxy) is 2. The molecule has 3 amide bonds. The number of benzene rings is 3. The van der Waals surface area contributed by atoms with E-state index < -0.39 is 28.9 Å². The fraction of sp³-hybridized carbons (Fsp3) is 0.324. The molecule has 1 saturated heterocycles. The van der Waals surface area contributed by atoms with Crippen molar-refractivity contribution in [1.82, 2.24) is 20.3 Å². The fourth-order valence-corrected chi connectivity index (χ4v) is 6.55. The summed E-state index contributed by atoms with van der Waals surface area (Å²) in [5.41, 5.74) is 5.09. The number of methoxy groups -OCH3 is 1. The van der Waals surface area contributed by atoms with Crippen molar-refractivity contribution in [2.75, 3.05) is 56.4 Å². The Kier molecular flexibility index (Phi) is 11.0. The quantitative estimate of drug-likeness (QED) is 0.152. The van der Waals surface area contributed by atoms with E-state index in [0.717, 1.165) is 77.2 Å². The van der Waals surface area contributed by atoms with Gasteiger partial charge in [0.05, 0.1) is 36.2 Å². The summed E-state index contributed by atoms with van der Waals surface area (Å²) < 4.78 is 40.6. The standard InChI is InChI=1S/C34H38F2N6O4S/c1-5-41(6-2)17-8-18-46-30-20-27-24(19-29(30)45-4)28(15-16-37-27)40(3)23-13-11-22(12-14-23)38-34(44)39-42-31(43)21-47-33(42)32-25(35)9-7-10-26(32)36/h7,9-16,19-20,33H,5-6,8,17-18,21H2,1-4H3,(H2,38,39,44). The Morgan fingerprint density at radius 1 is 1.06 bits per heavy atom. The second-order valence-electron chi connectivity index (χ2n) is 10.8. The van der Waals surface area contributed by atoms with Crippen molar-refractivity contribution >= 4 is 51.7 Å². The van der Waals surface area contributed by atoms with E-state index in [1.54, 1.807) is 25.4 Å². The van der Waals surface area contributed by atoms with E-state index in [1.165, 1.54) is 6.07 Å². The highest BCUT2D eigenvalue weighted by molar-refractivity contribution is 8.00. The monoisotopic (exact) mass is 664 g/mol. The van der Waals surface area contributed by atoms with Gasteiger partial charge in [-0.05, 0) is 68.0 Å². The van der Waals surface area contributed by atoms with Crippen molar-refractivity contribution in [3.05, 3.63) is 84.1 Å². The van der Waals surface area contributed by atoms with Gasteiger partial charge < -0.3 is 24.6 Å². The third-order valence-electron chi connectivity index (χ3n) is 7.98. The number of thioether (sulfide) groups is 1. The summed E-state index contributed by atoms with van der Waals surface area (Å²) in [4.78, 5) is 34.2. The fourth-order valence-electron chi connectivity index (χ4n) is 5.40. The van der Waals surface area contributed by atoms with Crippen molar-refractivity contribution in [3.8, 4) is 11.5 Å². The smallest absolute Gasteiger partial charge is 0.338 e. The zero-order chi connectivity index (χ0) is 33.5. The number of nitrogens with zero attached hydrogens (tertiary/aromatic N) is 4. The van der Waals surface area contributed by atoms with Crippen LogP contribution in [-0.2, 0) is 4.79 Å². The second-order valence-corrected chi connectivity index (χ2v) is 11.9. The van der Waals surface area contributed by atoms with Crippen molar-refractivity contribution < 1.29 is 27.8 Å². The highest BCUT2D eigenvalue weighted by atomic mass is 32.2. The first kappa shape index (κ1) is 33.7. The normalized spacial score (nSPS) is 14.5. The molecule has 1 aliphatic rings. The Labute approximate surface area is 277 Å². The van der Waals surface area contributed by atoms with Crippen LogP contribution in [0.5, 0.6) is 11.5 Å². The first-order valence-electron chi connectivity index (χ1n) is 15.3. The summed E-state index contributed by atoms with van der Waals surface area (Å²) in [5, 5.41) is 3.48. The Balaban J connectivity index is 1.26. The summed E-state index contributed by atoms with van der Waals surface area (Å²) in [6.07, 6.45) is 2.64. The number of hydrogen-bond acceptors (Lipinski definition) is 8. The van der Waals surface area contributed by atoms with Crippen LogP contribution in [0.15, 0.2) is 66.9 Å². The number of hydrazine groups is 1. The number of nitrogens with one attached hydrogen (secondary N) is 2. The number of hydrogen-bond donors (Lipinski definition) is 2. The van der Waals surface area contributed by atoms with Gasteiger partial charge in [0, 0.05) is 42.6 Å². The molecular weight excluding hydrogens is 626 g/mol. The number of anilines is 3. The Bertz CT molecular complexity index is 1700. The molecule has 47 heavy (non-hydrogen) atoms. The van der Waals surface area contributed by atoms with E-state index in [1.807, 2.05) is 42.3 Å². The van der Waals surface area contributed by atoms with Crippen LogP contribution in [0.1, 0.15) is 31.2 Å². The zero-order valence-corrected chi connectivity index (χ0v) is 27.6. The van der Waals surface area contributed by atoms with Crippen molar-refractivity contribution in [2.45, 2.75) is 25.6 Å². The Hall–Kier alpha value is -4.62. The third kappa shape index (κ3) is 7.68. The van der Waals surface area contributed by atoms with Gasteiger partial charge in [-0.15, -0.1) is 11.8 Å². The molecule has 4 aromatic rings. The summed E-state index contributed by atoms with van der Waals surface area (Å²) in [6.45, 7) is 7.84. The van der Waals surface area contributed by atoms with Gasteiger partial charge >= 0.3 is 6.03 Å². The highest BCUT2D eigenvalue weighted by Gasteiger charge is 2.37. The van der Waals surface area contributed by atoms with E-state index in [4.69, 9.17) is 9.47 Å². The summed E-state index contributed by atoms with van der Waals surface area (Å²) in [7, 11) is 3.54. The molecule has 0 saturated carbocycles. The number of urea groups is 1. The summed E-state index contributed by atoms with van der Waals surface area (Å²) in [6, 6.07) is 15.6. The van der Waals surface area contributed by atoms with Gasteiger partial charge in [0.15, 0.2) is 11.5 Å². The van der Waals surface area contributed by atoms with Crippen LogP contribution in [0.25, 0.3) is 10.9 Å². The average molecular weight is 665 g/mol. The molecule has 248 valence electrons. The van der Waals surface area contributed by atoms with Gasteiger partial charge in [-0.25, -0.2) is 24.0 Å². The first-order chi connectivity index (χ1) is 22.7. The van der Waals surface area contributed by atoms with Gasteiger partial charge in [0.25, 0.3) is 5.91 Å². The minimum absolute atomic E-state index is 0.0272. The van der Waals surface area contributed by atoms with E-state index in [2.05, 4.69) is 34.5 Å². The SMILES string of the molecule is CCN(CC)CCCOc1cc2nccc(N(C)c3ccc(NC(=O)NN4C(=O)CSC4c4c(F)cccc4F)cc3)c2cc1OC. The number of carbonyl (C=O) groups excluding carboxylic acids is 2. The maximum atomic E-state index is 14.4. The molecule has 0 radical (unpaired) electrons. The third-order valence-corrected chi connectivity index (χ3v) is 9.16. The van der Waals surface area contributed by atoms with Crippen molar-refractivity contribution in [3.63, 3.8) is 0 Å². The van der Waals surface area contributed by atoms with Crippen LogP contribution in [-0.4, -0.2) is 73.0 Å². The Morgan fingerprint density at radius 2 is 1.79 bits per heavy atom. The molecule has 10 nitrogen and oxygen atoms in total. The van der Waals surface area contributed by atoms with Crippen LogP contribution in [0, 0.1) is 11.6 Å². The predicted octanol–water partition coefficient (Wildman–Crippen LogP) is 6.71. The molecular formula is C34H38F2N6O4S. The predicted molar refractivity (Wildman–Crippen MR) is 181 cm³/mol. The summed E-state index contributed by atoms with van der Waals surface area (Å²) >= 11 is 1.03. The molecule has 5 rings (SSSR count). The zero-order valence-electron chi connectivity index (χ0n) is 26.8. The van der Waals surface area contributed by atoms with Gasteiger partial charge in [-0.1, -0.05) is 19.9 Å². The van der Waals surface area contributed by atoms with E-state index >= 15 is 0 Å². The molecule has 0 aliphatic carbocycles.